The van der Waals surface area contributed by atoms with Crippen LogP contribution in [0.1, 0.15) is 35.3 Å². The standard InChI is InChI=1S/C27H30FN5O2/c1-5-35-25-14-19(9-10-22(25)18-7-6-8-21(28)13-18)27(34)33(4)24(11-12-32(2)3)23-17-29-15-20-16-30-31-26(20)23/h6-10,13-17,24H,5,11-12H2,1-4H3,(H,30,31)/t24-/m1/s1. The van der Waals surface area contributed by atoms with Gasteiger partial charge in [0.2, 0.25) is 0 Å². The molecule has 1 amide bonds. The van der Waals surface area contributed by atoms with Crippen molar-refractivity contribution in [2.45, 2.75) is 19.4 Å². The molecule has 1 N–H and O–H groups in total. The van der Waals surface area contributed by atoms with Crippen molar-refractivity contribution in [3.63, 3.8) is 0 Å². The molecule has 0 unspecified atom stereocenters. The van der Waals surface area contributed by atoms with Crippen LogP contribution >= 0.6 is 0 Å². The molecule has 0 saturated heterocycles. The third kappa shape index (κ3) is 5.33. The van der Waals surface area contributed by atoms with Gasteiger partial charge < -0.3 is 14.5 Å². The summed E-state index contributed by atoms with van der Waals surface area (Å²) in [6.45, 7) is 3.09. The van der Waals surface area contributed by atoms with Gasteiger partial charge in [0.1, 0.15) is 11.6 Å². The average Bonchev–Trinajstić information content (AvgIpc) is 3.33. The van der Waals surface area contributed by atoms with Crippen molar-refractivity contribution in [3.05, 3.63) is 78.0 Å². The summed E-state index contributed by atoms with van der Waals surface area (Å²) in [5.74, 6) is 0.0757. The maximum absolute atomic E-state index is 13.8. The van der Waals surface area contributed by atoms with Crippen LogP contribution in [0.15, 0.2) is 61.1 Å². The van der Waals surface area contributed by atoms with E-state index in [2.05, 4.69) is 20.1 Å². The highest BCUT2D eigenvalue weighted by Crippen LogP contribution is 2.34. The fourth-order valence-corrected chi connectivity index (χ4v) is 4.25. The van der Waals surface area contributed by atoms with Crippen LogP contribution in [0.3, 0.4) is 0 Å². The minimum atomic E-state index is -0.324. The molecule has 2 aromatic carbocycles. The number of amides is 1. The molecular formula is C27H30FN5O2. The average molecular weight is 476 g/mol. The van der Waals surface area contributed by atoms with Gasteiger partial charge >= 0.3 is 0 Å². The fraction of sp³-hybridized carbons (Fsp3) is 0.296. The molecule has 0 aliphatic heterocycles. The number of aromatic nitrogens is 3. The molecular weight excluding hydrogens is 445 g/mol. The summed E-state index contributed by atoms with van der Waals surface area (Å²) in [7, 11) is 5.82. The zero-order valence-electron chi connectivity index (χ0n) is 20.5. The minimum absolute atomic E-state index is 0.142. The molecule has 2 aromatic heterocycles. The lowest BCUT2D eigenvalue weighted by Crippen LogP contribution is -2.33. The van der Waals surface area contributed by atoms with Crippen molar-refractivity contribution in [1.29, 1.82) is 0 Å². The number of fused-ring (bicyclic) bond motifs is 1. The van der Waals surface area contributed by atoms with E-state index in [1.165, 1.54) is 12.1 Å². The molecule has 4 rings (SSSR count). The quantitative estimate of drug-likeness (QED) is 0.372. The van der Waals surface area contributed by atoms with Crippen LogP contribution in [-0.2, 0) is 0 Å². The molecule has 0 spiro atoms. The Morgan fingerprint density at radius 1 is 1.11 bits per heavy atom. The summed E-state index contributed by atoms with van der Waals surface area (Å²) >= 11 is 0. The first kappa shape index (κ1) is 24.3. The highest BCUT2D eigenvalue weighted by Gasteiger charge is 2.26. The number of hydrogen-bond donors (Lipinski definition) is 1. The molecule has 35 heavy (non-hydrogen) atoms. The van der Waals surface area contributed by atoms with Crippen LogP contribution < -0.4 is 4.74 Å². The Morgan fingerprint density at radius 2 is 1.94 bits per heavy atom. The molecule has 4 aromatic rings. The molecule has 1 atom stereocenters. The van der Waals surface area contributed by atoms with Crippen LogP contribution in [0.2, 0.25) is 0 Å². The van der Waals surface area contributed by atoms with Crippen molar-refractivity contribution < 1.29 is 13.9 Å². The molecule has 0 saturated carbocycles. The van der Waals surface area contributed by atoms with Crippen LogP contribution in [-0.4, -0.2) is 65.2 Å². The maximum atomic E-state index is 13.8. The smallest absolute Gasteiger partial charge is 0.254 e. The number of carbonyl (C=O) groups is 1. The number of carbonyl (C=O) groups excluding carboxylic acids is 1. The monoisotopic (exact) mass is 475 g/mol. The predicted octanol–water partition coefficient (Wildman–Crippen LogP) is 4.93. The molecule has 0 radical (unpaired) electrons. The summed E-state index contributed by atoms with van der Waals surface area (Å²) in [5.41, 5.74) is 3.72. The van der Waals surface area contributed by atoms with Gasteiger partial charge in [0.05, 0.1) is 24.4 Å². The summed E-state index contributed by atoms with van der Waals surface area (Å²) < 4.78 is 19.7. The molecule has 0 bridgehead atoms. The lowest BCUT2D eigenvalue weighted by atomic mass is 9.99. The zero-order chi connectivity index (χ0) is 24.9. The van der Waals surface area contributed by atoms with Gasteiger partial charge in [-0.2, -0.15) is 5.10 Å². The Hall–Kier alpha value is -3.78. The number of hydrogen-bond acceptors (Lipinski definition) is 5. The number of ether oxygens (including phenoxy) is 1. The molecule has 182 valence electrons. The Balaban J connectivity index is 1.70. The first-order valence-corrected chi connectivity index (χ1v) is 11.6. The first-order valence-electron chi connectivity index (χ1n) is 11.6. The van der Waals surface area contributed by atoms with Gasteiger partial charge in [-0.25, -0.2) is 4.39 Å². The third-order valence-corrected chi connectivity index (χ3v) is 6.05. The van der Waals surface area contributed by atoms with Crippen molar-refractivity contribution in [1.82, 2.24) is 25.0 Å². The summed E-state index contributed by atoms with van der Waals surface area (Å²) in [5, 5.41) is 8.11. The lowest BCUT2D eigenvalue weighted by molar-refractivity contribution is 0.0716. The number of nitrogens with zero attached hydrogens (tertiary/aromatic N) is 4. The van der Waals surface area contributed by atoms with Crippen LogP contribution in [0.25, 0.3) is 22.0 Å². The van der Waals surface area contributed by atoms with E-state index in [9.17, 15) is 9.18 Å². The lowest BCUT2D eigenvalue weighted by Gasteiger charge is -2.30. The number of aromatic amines is 1. The molecule has 0 aliphatic rings. The van der Waals surface area contributed by atoms with Crippen LogP contribution in [0, 0.1) is 5.82 Å². The van der Waals surface area contributed by atoms with Gasteiger partial charge in [0.25, 0.3) is 5.91 Å². The van der Waals surface area contributed by atoms with E-state index in [1.807, 2.05) is 33.2 Å². The molecule has 0 fully saturated rings. The zero-order valence-corrected chi connectivity index (χ0v) is 20.5. The minimum Gasteiger partial charge on any atom is -0.493 e. The number of nitrogens with one attached hydrogen (secondary N) is 1. The Bertz CT molecular complexity index is 1320. The second-order valence-electron chi connectivity index (χ2n) is 8.74. The number of benzene rings is 2. The number of halogens is 1. The van der Waals surface area contributed by atoms with Crippen LogP contribution in [0.5, 0.6) is 5.75 Å². The van der Waals surface area contributed by atoms with E-state index >= 15 is 0 Å². The molecule has 0 aliphatic carbocycles. The van der Waals surface area contributed by atoms with Gasteiger partial charge in [-0.3, -0.25) is 14.9 Å². The third-order valence-electron chi connectivity index (χ3n) is 6.05. The number of rotatable bonds is 9. The Morgan fingerprint density at radius 3 is 2.69 bits per heavy atom. The second kappa shape index (κ2) is 10.7. The van der Waals surface area contributed by atoms with E-state index in [4.69, 9.17) is 4.74 Å². The maximum Gasteiger partial charge on any atom is 0.254 e. The fourth-order valence-electron chi connectivity index (χ4n) is 4.25. The second-order valence-corrected chi connectivity index (χ2v) is 8.74. The normalized spacial score (nSPS) is 12.2. The summed E-state index contributed by atoms with van der Waals surface area (Å²) in [6.07, 6.45) is 6.00. The SMILES string of the molecule is CCOc1cc(C(=O)N(C)[C@H](CCN(C)C)c2cncc3cn[nH]c23)ccc1-c1cccc(F)c1. The Kier molecular flexibility index (Phi) is 7.41. The van der Waals surface area contributed by atoms with Crippen molar-refractivity contribution in [3.8, 4) is 16.9 Å². The molecule has 8 heteroatoms. The molecule has 2 heterocycles. The van der Waals surface area contributed by atoms with E-state index in [1.54, 1.807) is 48.7 Å². The highest BCUT2D eigenvalue weighted by atomic mass is 19.1. The highest BCUT2D eigenvalue weighted by molar-refractivity contribution is 5.96. The first-order chi connectivity index (χ1) is 16.9. The Labute approximate surface area is 204 Å². The van der Waals surface area contributed by atoms with Gasteiger partial charge in [-0.05, 0) is 69.9 Å². The van der Waals surface area contributed by atoms with Gasteiger partial charge in [0.15, 0.2) is 0 Å². The van der Waals surface area contributed by atoms with E-state index in [0.717, 1.165) is 35.0 Å². The predicted molar refractivity (Wildman–Crippen MR) is 135 cm³/mol. The molecule has 7 nitrogen and oxygen atoms in total. The topological polar surface area (TPSA) is 74.3 Å². The van der Waals surface area contributed by atoms with Crippen molar-refractivity contribution in [2.24, 2.45) is 0 Å². The van der Waals surface area contributed by atoms with E-state index in [-0.39, 0.29) is 17.8 Å². The van der Waals surface area contributed by atoms with E-state index < -0.39 is 0 Å². The summed E-state index contributed by atoms with van der Waals surface area (Å²) in [4.78, 5) is 21.9. The summed E-state index contributed by atoms with van der Waals surface area (Å²) in [6, 6.07) is 11.4. The largest absolute Gasteiger partial charge is 0.493 e. The van der Waals surface area contributed by atoms with Gasteiger partial charge in [-0.15, -0.1) is 0 Å². The number of H-pyrrole nitrogens is 1. The van der Waals surface area contributed by atoms with Gasteiger partial charge in [0, 0.05) is 41.5 Å². The van der Waals surface area contributed by atoms with Gasteiger partial charge in [-0.1, -0.05) is 12.1 Å². The van der Waals surface area contributed by atoms with E-state index in [0.29, 0.717) is 23.5 Å². The van der Waals surface area contributed by atoms with Crippen molar-refractivity contribution >= 4 is 16.8 Å². The van der Waals surface area contributed by atoms with Crippen LogP contribution in [0.4, 0.5) is 4.39 Å². The number of pyridine rings is 1. The van der Waals surface area contributed by atoms with Crippen molar-refractivity contribution in [2.75, 3.05) is 34.3 Å².